The Kier molecular flexibility index (Phi) is 7.45. The Balaban J connectivity index is 3.91. The Bertz CT molecular complexity index is 204. The summed E-state index contributed by atoms with van der Waals surface area (Å²) in [5, 5.41) is 2.48. The van der Waals surface area contributed by atoms with Gasteiger partial charge in [0.05, 0.1) is 0 Å². The summed E-state index contributed by atoms with van der Waals surface area (Å²) in [5.41, 5.74) is 5.27. The number of imide groups is 1. The summed E-state index contributed by atoms with van der Waals surface area (Å²) in [7, 11) is 0. The second kappa shape index (κ2) is 8.25. The van der Waals surface area contributed by atoms with E-state index in [1.807, 2.05) is 6.92 Å². The van der Waals surface area contributed by atoms with E-state index >= 15 is 0 Å². The predicted molar refractivity (Wildman–Crippen MR) is 54.4 cm³/mol. The third-order valence-electron chi connectivity index (χ3n) is 1.55. The van der Waals surface area contributed by atoms with Crippen LogP contribution in [0.15, 0.2) is 12.3 Å². The molecule has 0 saturated carbocycles. The van der Waals surface area contributed by atoms with Crippen molar-refractivity contribution < 1.29 is 9.59 Å². The first-order chi connectivity index (χ1) is 6.76. The third-order valence-corrected chi connectivity index (χ3v) is 1.55. The Hall–Kier alpha value is -1.36. The van der Waals surface area contributed by atoms with Gasteiger partial charge in [0, 0.05) is 12.7 Å². The molecule has 0 aliphatic heterocycles. The molecule has 0 aromatic heterocycles. The van der Waals surface area contributed by atoms with E-state index in [1.165, 1.54) is 6.20 Å². The van der Waals surface area contributed by atoms with Crippen LogP contribution in [-0.4, -0.2) is 30.4 Å². The van der Waals surface area contributed by atoms with E-state index in [2.05, 4.69) is 5.32 Å². The average molecular weight is 199 g/mol. The fraction of sp³-hybridized carbons (Fsp3) is 0.556. The van der Waals surface area contributed by atoms with Crippen LogP contribution in [0.25, 0.3) is 0 Å². The highest BCUT2D eigenvalue weighted by molar-refractivity contribution is 5.85. The molecule has 0 rings (SSSR count). The maximum Gasteiger partial charge on any atom is 0.327 e. The topological polar surface area (TPSA) is 75.4 Å². The number of carbonyl (C=O) groups excluding carboxylic acids is 2. The summed E-state index contributed by atoms with van der Waals surface area (Å²) >= 11 is 0. The smallest absolute Gasteiger partial charge is 0.327 e. The number of nitrogens with two attached hydrogens (primary N) is 1. The van der Waals surface area contributed by atoms with Gasteiger partial charge in [-0.2, -0.15) is 0 Å². The molecular weight excluding hydrogens is 182 g/mol. The zero-order valence-electron chi connectivity index (χ0n) is 8.40. The van der Waals surface area contributed by atoms with Crippen molar-refractivity contribution in [2.45, 2.75) is 19.8 Å². The molecule has 80 valence electrons. The molecule has 0 radical (unpaired) electrons. The zero-order valence-corrected chi connectivity index (χ0v) is 8.40. The van der Waals surface area contributed by atoms with Crippen molar-refractivity contribution in [2.24, 2.45) is 5.73 Å². The van der Waals surface area contributed by atoms with Crippen LogP contribution in [0.2, 0.25) is 0 Å². The minimum absolute atomic E-state index is 0.353. The second-order valence-electron chi connectivity index (χ2n) is 2.70. The van der Waals surface area contributed by atoms with Gasteiger partial charge in [-0.3, -0.25) is 9.69 Å². The molecule has 0 aromatic rings. The van der Waals surface area contributed by atoms with Gasteiger partial charge in [-0.05, 0) is 19.4 Å². The van der Waals surface area contributed by atoms with Crippen LogP contribution in [0.4, 0.5) is 4.79 Å². The minimum Gasteiger partial charge on any atom is -0.330 e. The lowest BCUT2D eigenvalue weighted by atomic mass is 10.4. The number of hydrogen-bond acceptors (Lipinski definition) is 3. The Morgan fingerprint density at radius 1 is 1.57 bits per heavy atom. The molecule has 0 aliphatic rings. The van der Waals surface area contributed by atoms with Gasteiger partial charge >= 0.3 is 6.03 Å². The second-order valence-corrected chi connectivity index (χ2v) is 2.70. The highest BCUT2D eigenvalue weighted by Gasteiger charge is 2.08. The van der Waals surface area contributed by atoms with Crippen LogP contribution >= 0.6 is 0 Å². The van der Waals surface area contributed by atoms with E-state index in [0.29, 0.717) is 25.9 Å². The van der Waals surface area contributed by atoms with Crippen LogP contribution in [0.3, 0.4) is 0 Å². The summed E-state index contributed by atoms with van der Waals surface area (Å²) in [4.78, 5) is 22.8. The molecule has 0 heterocycles. The first-order valence-electron chi connectivity index (χ1n) is 4.63. The number of carbonyl (C=O) groups is 2. The Labute approximate surface area is 83.9 Å². The number of nitrogens with zero attached hydrogens (tertiary/aromatic N) is 1. The molecule has 0 atom stereocenters. The monoisotopic (exact) mass is 199 g/mol. The summed E-state index contributed by atoms with van der Waals surface area (Å²) in [6.07, 6.45) is 5.28. The molecule has 0 bridgehead atoms. The van der Waals surface area contributed by atoms with Gasteiger partial charge in [0.2, 0.25) is 6.41 Å². The number of nitrogens with one attached hydrogen (secondary N) is 1. The van der Waals surface area contributed by atoms with E-state index in [1.54, 1.807) is 6.08 Å². The van der Waals surface area contributed by atoms with Gasteiger partial charge in [0.1, 0.15) is 0 Å². The van der Waals surface area contributed by atoms with Crippen molar-refractivity contribution in [3.63, 3.8) is 0 Å². The molecule has 0 fully saturated rings. The minimum atomic E-state index is -0.418. The number of allylic oxidation sites excluding steroid dienone is 1. The normalized spacial score (nSPS) is 10.1. The molecule has 0 spiro atoms. The summed E-state index contributed by atoms with van der Waals surface area (Å²) in [5.74, 6) is 0. The standard InChI is InChI=1S/C9H17N3O2/c1-2-3-6-11-9(14)12(8-13)7-4-5-10/h3,6,8H,2,4-5,7,10H2,1H3,(H,11,14)/b6-3+. The zero-order chi connectivity index (χ0) is 10.8. The number of urea groups is 1. The maximum absolute atomic E-state index is 11.2. The molecule has 0 aliphatic carbocycles. The highest BCUT2D eigenvalue weighted by atomic mass is 16.2. The summed E-state index contributed by atoms with van der Waals surface area (Å²) < 4.78 is 0. The molecule has 3 amide bonds. The molecule has 14 heavy (non-hydrogen) atoms. The van der Waals surface area contributed by atoms with Gasteiger partial charge in [-0.1, -0.05) is 13.0 Å². The molecule has 5 nitrogen and oxygen atoms in total. The van der Waals surface area contributed by atoms with Gasteiger partial charge in [0.15, 0.2) is 0 Å². The van der Waals surface area contributed by atoms with E-state index in [-0.39, 0.29) is 0 Å². The van der Waals surface area contributed by atoms with Crippen molar-refractivity contribution in [2.75, 3.05) is 13.1 Å². The first kappa shape index (κ1) is 12.6. The fourth-order valence-electron chi connectivity index (χ4n) is 0.795. The van der Waals surface area contributed by atoms with Gasteiger partial charge < -0.3 is 11.1 Å². The van der Waals surface area contributed by atoms with Crippen molar-refractivity contribution in [1.82, 2.24) is 10.2 Å². The maximum atomic E-state index is 11.2. The van der Waals surface area contributed by atoms with Gasteiger partial charge in [0.25, 0.3) is 0 Å². The molecule has 0 unspecified atom stereocenters. The highest BCUT2D eigenvalue weighted by Crippen LogP contribution is 1.88. The van der Waals surface area contributed by atoms with E-state index in [4.69, 9.17) is 5.73 Å². The van der Waals surface area contributed by atoms with Crippen LogP contribution in [0.5, 0.6) is 0 Å². The van der Waals surface area contributed by atoms with E-state index in [0.717, 1.165) is 11.3 Å². The SMILES string of the molecule is CC/C=C/NC(=O)N(C=O)CCCN. The number of rotatable bonds is 6. The number of hydrogen-bond donors (Lipinski definition) is 2. The van der Waals surface area contributed by atoms with E-state index in [9.17, 15) is 9.59 Å². The lowest BCUT2D eigenvalue weighted by Crippen LogP contribution is -2.37. The Morgan fingerprint density at radius 3 is 2.79 bits per heavy atom. The van der Waals surface area contributed by atoms with Crippen molar-refractivity contribution in [3.8, 4) is 0 Å². The van der Waals surface area contributed by atoms with Crippen molar-refractivity contribution >= 4 is 12.4 Å². The van der Waals surface area contributed by atoms with Gasteiger partial charge in [-0.15, -0.1) is 0 Å². The van der Waals surface area contributed by atoms with Crippen LogP contribution in [0, 0.1) is 0 Å². The lowest BCUT2D eigenvalue weighted by molar-refractivity contribution is -0.115. The fourth-order valence-corrected chi connectivity index (χ4v) is 0.795. The van der Waals surface area contributed by atoms with E-state index < -0.39 is 6.03 Å². The van der Waals surface area contributed by atoms with Crippen LogP contribution in [-0.2, 0) is 4.79 Å². The molecular formula is C9H17N3O2. The molecule has 0 aromatic carbocycles. The van der Waals surface area contributed by atoms with Crippen LogP contribution in [0.1, 0.15) is 19.8 Å². The average Bonchev–Trinajstić information content (AvgIpc) is 2.19. The predicted octanol–water partition coefficient (Wildman–Crippen LogP) is 0.427. The lowest BCUT2D eigenvalue weighted by Gasteiger charge is -2.13. The van der Waals surface area contributed by atoms with Gasteiger partial charge in [-0.25, -0.2) is 4.79 Å². The van der Waals surface area contributed by atoms with Crippen molar-refractivity contribution in [3.05, 3.63) is 12.3 Å². The number of amides is 3. The Morgan fingerprint density at radius 2 is 2.29 bits per heavy atom. The first-order valence-corrected chi connectivity index (χ1v) is 4.63. The largest absolute Gasteiger partial charge is 0.330 e. The molecule has 5 heteroatoms. The summed E-state index contributed by atoms with van der Waals surface area (Å²) in [6.45, 7) is 2.77. The molecule has 3 N–H and O–H groups in total. The molecule has 0 saturated heterocycles. The van der Waals surface area contributed by atoms with Crippen molar-refractivity contribution in [1.29, 1.82) is 0 Å². The quantitative estimate of drug-likeness (QED) is 0.609. The van der Waals surface area contributed by atoms with Crippen LogP contribution < -0.4 is 11.1 Å². The third kappa shape index (κ3) is 5.31. The summed E-state index contributed by atoms with van der Waals surface area (Å²) in [6, 6.07) is -0.418.